The maximum Gasteiger partial charge on any atom is 0.246 e. The topological polar surface area (TPSA) is 59.6 Å². The first-order chi connectivity index (χ1) is 8.33. The van der Waals surface area contributed by atoms with E-state index < -0.39 is 0 Å². The fourth-order valence-corrected chi connectivity index (χ4v) is 1.90. The zero-order chi connectivity index (χ0) is 12.3. The molecule has 1 aliphatic rings. The van der Waals surface area contributed by atoms with Crippen molar-refractivity contribution >= 4 is 5.91 Å². The van der Waals surface area contributed by atoms with E-state index in [0.717, 1.165) is 13.0 Å². The highest BCUT2D eigenvalue weighted by Crippen LogP contribution is 2.09. The third kappa shape index (κ3) is 7.31. The number of amides is 1. The first-order valence-corrected chi connectivity index (χ1v) is 6.39. The number of nitrogens with one attached hydrogen (secondary N) is 2. The summed E-state index contributed by atoms with van der Waals surface area (Å²) in [6.45, 7) is 2.99. The Hall–Kier alpha value is -0.650. The van der Waals surface area contributed by atoms with Gasteiger partial charge in [0.25, 0.3) is 0 Å². The molecule has 0 aromatic rings. The second-order valence-electron chi connectivity index (χ2n) is 4.33. The Morgan fingerprint density at radius 3 is 3.00 bits per heavy atom. The number of carbonyl (C=O) groups is 1. The van der Waals surface area contributed by atoms with Gasteiger partial charge in [-0.1, -0.05) is 6.42 Å². The van der Waals surface area contributed by atoms with Crippen molar-refractivity contribution in [1.29, 1.82) is 0 Å². The standard InChI is InChI=1S/C12H24N2O3/c1-16-9-7-14-12(15)10-17-8-5-11-4-2-3-6-13-11/h11,13H,2-10H2,1H3,(H,14,15). The summed E-state index contributed by atoms with van der Waals surface area (Å²) >= 11 is 0. The van der Waals surface area contributed by atoms with E-state index in [0.29, 0.717) is 25.8 Å². The van der Waals surface area contributed by atoms with Crippen molar-refractivity contribution in [3.63, 3.8) is 0 Å². The van der Waals surface area contributed by atoms with E-state index in [9.17, 15) is 4.79 Å². The lowest BCUT2D eigenvalue weighted by molar-refractivity contribution is -0.125. The van der Waals surface area contributed by atoms with E-state index in [1.165, 1.54) is 19.3 Å². The van der Waals surface area contributed by atoms with Crippen molar-refractivity contribution in [2.24, 2.45) is 0 Å². The Morgan fingerprint density at radius 1 is 1.41 bits per heavy atom. The van der Waals surface area contributed by atoms with Crippen molar-refractivity contribution in [3.05, 3.63) is 0 Å². The summed E-state index contributed by atoms with van der Waals surface area (Å²) in [6, 6.07) is 0.570. The number of rotatable bonds is 8. The molecule has 1 fully saturated rings. The van der Waals surface area contributed by atoms with Gasteiger partial charge in [0.2, 0.25) is 5.91 Å². The quantitative estimate of drug-likeness (QED) is 0.603. The molecule has 1 atom stereocenters. The monoisotopic (exact) mass is 244 g/mol. The van der Waals surface area contributed by atoms with E-state index in [4.69, 9.17) is 9.47 Å². The number of ether oxygens (including phenoxy) is 2. The normalized spacial score (nSPS) is 20.2. The van der Waals surface area contributed by atoms with Gasteiger partial charge < -0.3 is 20.1 Å². The molecular formula is C12H24N2O3. The molecule has 1 heterocycles. The van der Waals surface area contributed by atoms with Crippen LogP contribution in [0.2, 0.25) is 0 Å². The number of methoxy groups -OCH3 is 1. The molecule has 5 heteroatoms. The van der Waals surface area contributed by atoms with Crippen LogP contribution in [0.25, 0.3) is 0 Å². The summed E-state index contributed by atoms with van der Waals surface area (Å²) in [5.74, 6) is -0.0707. The van der Waals surface area contributed by atoms with Crippen LogP contribution in [0, 0.1) is 0 Å². The van der Waals surface area contributed by atoms with Crippen molar-refractivity contribution in [2.45, 2.75) is 31.7 Å². The van der Waals surface area contributed by atoms with Crippen LogP contribution in [0.3, 0.4) is 0 Å². The van der Waals surface area contributed by atoms with Crippen LogP contribution < -0.4 is 10.6 Å². The van der Waals surface area contributed by atoms with Gasteiger partial charge in [-0.3, -0.25) is 4.79 Å². The van der Waals surface area contributed by atoms with Crippen LogP contribution in [0.5, 0.6) is 0 Å². The summed E-state index contributed by atoms with van der Waals surface area (Å²) < 4.78 is 10.2. The number of hydrogen-bond donors (Lipinski definition) is 2. The average Bonchev–Trinajstić information content (AvgIpc) is 2.36. The van der Waals surface area contributed by atoms with Crippen LogP contribution in [-0.2, 0) is 14.3 Å². The van der Waals surface area contributed by atoms with Crippen molar-refractivity contribution in [1.82, 2.24) is 10.6 Å². The van der Waals surface area contributed by atoms with Gasteiger partial charge in [-0.05, 0) is 25.8 Å². The first kappa shape index (κ1) is 14.4. The first-order valence-electron chi connectivity index (χ1n) is 6.39. The molecule has 0 radical (unpaired) electrons. The lowest BCUT2D eigenvalue weighted by Crippen LogP contribution is -2.35. The number of piperidine rings is 1. The third-order valence-corrected chi connectivity index (χ3v) is 2.88. The molecule has 100 valence electrons. The van der Waals surface area contributed by atoms with Crippen LogP contribution in [0.4, 0.5) is 0 Å². The molecule has 1 aliphatic heterocycles. The van der Waals surface area contributed by atoms with Crippen molar-refractivity contribution in [2.75, 3.05) is 40.0 Å². The highest BCUT2D eigenvalue weighted by molar-refractivity contribution is 5.77. The lowest BCUT2D eigenvalue weighted by atomic mass is 10.0. The Bertz CT molecular complexity index is 206. The number of hydrogen-bond acceptors (Lipinski definition) is 4. The van der Waals surface area contributed by atoms with E-state index in [2.05, 4.69) is 10.6 Å². The van der Waals surface area contributed by atoms with Gasteiger partial charge in [0.1, 0.15) is 6.61 Å². The lowest BCUT2D eigenvalue weighted by Gasteiger charge is -2.23. The Morgan fingerprint density at radius 2 is 2.29 bits per heavy atom. The zero-order valence-corrected chi connectivity index (χ0v) is 10.7. The van der Waals surface area contributed by atoms with Gasteiger partial charge in [0.15, 0.2) is 0 Å². The molecule has 0 aromatic heterocycles. The minimum Gasteiger partial charge on any atom is -0.383 e. The molecule has 1 amide bonds. The van der Waals surface area contributed by atoms with E-state index >= 15 is 0 Å². The molecule has 1 unspecified atom stereocenters. The maximum absolute atomic E-state index is 11.3. The number of carbonyl (C=O) groups excluding carboxylic acids is 1. The fraction of sp³-hybridized carbons (Fsp3) is 0.917. The van der Waals surface area contributed by atoms with Gasteiger partial charge >= 0.3 is 0 Å². The van der Waals surface area contributed by atoms with Crippen LogP contribution >= 0.6 is 0 Å². The average molecular weight is 244 g/mol. The fourth-order valence-electron chi connectivity index (χ4n) is 1.90. The van der Waals surface area contributed by atoms with Gasteiger partial charge in [-0.25, -0.2) is 0 Å². The molecule has 2 N–H and O–H groups in total. The summed E-state index contributed by atoms with van der Waals surface area (Å²) in [5.41, 5.74) is 0. The largest absolute Gasteiger partial charge is 0.383 e. The Balaban J connectivity index is 1.90. The van der Waals surface area contributed by atoms with Crippen molar-refractivity contribution in [3.8, 4) is 0 Å². The minimum atomic E-state index is -0.0707. The maximum atomic E-state index is 11.3. The highest BCUT2D eigenvalue weighted by Gasteiger charge is 2.11. The van der Waals surface area contributed by atoms with Gasteiger partial charge in [-0.2, -0.15) is 0 Å². The Labute approximate surface area is 103 Å². The SMILES string of the molecule is COCCNC(=O)COCCC1CCCCN1. The van der Waals surface area contributed by atoms with Crippen LogP contribution in [0.15, 0.2) is 0 Å². The molecule has 17 heavy (non-hydrogen) atoms. The second kappa shape index (κ2) is 9.39. The minimum absolute atomic E-state index is 0.0707. The summed E-state index contributed by atoms with van der Waals surface area (Å²) in [4.78, 5) is 11.3. The molecule has 1 saturated heterocycles. The second-order valence-corrected chi connectivity index (χ2v) is 4.33. The molecule has 0 bridgehead atoms. The van der Waals surface area contributed by atoms with Gasteiger partial charge in [-0.15, -0.1) is 0 Å². The smallest absolute Gasteiger partial charge is 0.246 e. The van der Waals surface area contributed by atoms with Crippen molar-refractivity contribution < 1.29 is 14.3 Å². The molecule has 0 spiro atoms. The molecule has 5 nitrogen and oxygen atoms in total. The van der Waals surface area contributed by atoms with E-state index in [1.54, 1.807) is 7.11 Å². The molecule has 1 rings (SSSR count). The van der Waals surface area contributed by atoms with Gasteiger partial charge in [0.05, 0.1) is 6.61 Å². The van der Waals surface area contributed by atoms with Gasteiger partial charge in [0, 0.05) is 26.3 Å². The van der Waals surface area contributed by atoms with Crippen LogP contribution in [0.1, 0.15) is 25.7 Å². The third-order valence-electron chi connectivity index (χ3n) is 2.88. The highest BCUT2D eigenvalue weighted by atomic mass is 16.5. The van der Waals surface area contributed by atoms with Crippen LogP contribution in [-0.4, -0.2) is 52.0 Å². The predicted molar refractivity (Wildman–Crippen MR) is 66.0 cm³/mol. The molecule has 0 aromatic carbocycles. The molecule has 0 aliphatic carbocycles. The molecule has 0 saturated carbocycles. The van der Waals surface area contributed by atoms with E-state index in [-0.39, 0.29) is 12.5 Å². The summed E-state index contributed by atoms with van der Waals surface area (Å²) in [7, 11) is 1.61. The molecular weight excluding hydrogens is 220 g/mol. The zero-order valence-electron chi connectivity index (χ0n) is 10.7. The summed E-state index contributed by atoms with van der Waals surface area (Å²) in [5, 5.41) is 6.17. The predicted octanol–water partition coefficient (Wildman–Crippen LogP) is 0.298. The summed E-state index contributed by atoms with van der Waals surface area (Å²) in [6.07, 6.45) is 4.79. The van der Waals surface area contributed by atoms with E-state index in [1.807, 2.05) is 0 Å². The Kier molecular flexibility index (Phi) is 7.96.